The molecule has 0 saturated heterocycles. The van der Waals surface area contributed by atoms with Crippen molar-refractivity contribution in [2.24, 2.45) is 0 Å². The Balaban J connectivity index is 1.95. The van der Waals surface area contributed by atoms with Gasteiger partial charge in [0.15, 0.2) is 5.82 Å². The summed E-state index contributed by atoms with van der Waals surface area (Å²) in [6.07, 6.45) is 1.42. The van der Waals surface area contributed by atoms with Gasteiger partial charge in [0, 0.05) is 6.92 Å². The van der Waals surface area contributed by atoms with Crippen LogP contribution in [0.15, 0.2) is 22.9 Å². The average Bonchev–Trinajstić information content (AvgIpc) is 2.73. The number of carbonyl (C=O) groups is 1. The Bertz CT molecular complexity index is 520. The molecule has 2 heterocycles. The van der Waals surface area contributed by atoms with Crippen molar-refractivity contribution >= 4 is 11.6 Å². The van der Waals surface area contributed by atoms with Crippen molar-refractivity contribution in [2.75, 3.05) is 5.73 Å². The van der Waals surface area contributed by atoms with Crippen LogP contribution < -0.4 is 11.1 Å². The van der Waals surface area contributed by atoms with E-state index in [0.29, 0.717) is 23.1 Å². The van der Waals surface area contributed by atoms with E-state index in [-0.39, 0.29) is 12.5 Å². The number of nitrogens with one attached hydrogen (secondary N) is 1. The number of nitrogens with zero attached hydrogens (tertiary/aromatic N) is 3. The van der Waals surface area contributed by atoms with Crippen LogP contribution in [0, 0.1) is 6.92 Å². The van der Waals surface area contributed by atoms with Crippen molar-refractivity contribution in [3.8, 4) is 0 Å². The molecule has 0 bridgehead atoms. The highest BCUT2D eigenvalue weighted by atomic mass is 16.5. The number of aromatic nitrogens is 3. The third-order valence-corrected chi connectivity index (χ3v) is 2.00. The van der Waals surface area contributed by atoms with Gasteiger partial charge >= 0.3 is 0 Å². The predicted molar refractivity (Wildman–Crippen MR) is 58.9 cm³/mol. The zero-order chi connectivity index (χ0) is 12.3. The van der Waals surface area contributed by atoms with Gasteiger partial charge in [0.05, 0.1) is 18.4 Å². The molecular weight excluding hydrogens is 222 g/mol. The van der Waals surface area contributed by atoms with Crippen LogP contribution in [0.5, 0.6) is 0 Å². The topological polar surface area (TPSA) is 107 Å². The molecule has 0 aliphatic rings. The molecule has 0 unspecified atom stereocenters. The fraction of sp³-hybridized carbons (Fsp3) is 0.200. The maximum Gasteiger partial charge on any atom is 0.270 e. The molecule has 2 rings (SSSR count). The van der Waals surface area contributed by atoms with E-state index in [4.69, 9.17) is 10.3 Å². The minimum atomic E-state index is -0.313. The fourth-order valence-corrected chi connectivity index (χ4v) is 1.20. The van der Waals surface area contributed by atoms with Crippen LogP contribution in [0.1, 0.15) is 22.2 Å². The third-order valence-electron chi connectivity index (χ3n) is 2.00. The Morgan fingerprint density at radius 1 is 1.53 bits per heavy atom. The molecule has 0 radical (unpaired) electrons. The molecule has 3 N–H and O–H groups in total. The second kappa shape index (κ2) is 4.60. The number of anilines is 1. The van der Waals surface area contributed by atoms with E-state index in [1.807, 2.05) is 0 Å². The van der Waals surface area contributed by atoms with Crippen molar-refractivity contribution < 1.29 is 9.32 Å². The Hall–Kier alpha value is -2.44. The first kappa shape index (κ1) is 11.1. The number of nitrogens with two attached hydrogens (primary N) is 1. The number of amides is 1. The summed E-state index contributed by atoms with van der Waals surface area (Å²) in [4.78, 5) is 19.5. The molecule has 0 aromatic carbocycles. The summed E-state index contributed by atoms with van der Waals surface area (Å²) in [5.74, 6) is 0.568. The Morgan fingerprint density at radius 2 is 2.35 bits per heavy atom. The van der Waals surface area contributed by atoms with Gasteiger partial charge in [0.25, 0.3) is 5.91 Å². The van der Waals surface area contributed by atoms with Gasteiger partial charge in [-0.25, -0.2) is 4.98 Å². The first-order valence-electron chi connectivity index (χ1n) is 4.94. The van der Waals surface area contributed by atoms with E-state index in [1.165, 1.54) is 6.20 Å². The zero-order valence-electron chi connectivity index (χ0n) is 9.17. The van der Waals surface area contributed by atoms with Crippen LogP contribution in [0.4, 0.5) is 5.69 Å². The molecule has 7 heteroatoms. The lowest BCUT2D eigenvalue weighted by molar-refractivity contribution is 0.0944. The molecule has 0 aliphatic carbocycles. The zero-order valence-corrected chi connectivity index (χ0v) is 9.17. The lowest BCUT2D eigenvalue weighted by Crippen LogP contribution is -2.24. The van der Waals surface area contributed by atoms with Gasteiger partial charge in [0.1, 0.15) is 5.69 Å². The van der Waals surface area contributed by atoms with Crippen LogP contribution in [0.25, 0.3) is 0 Å². The Labute approximate surface area is 97.0 Å². The largest absolute Gasteiger partial charge is 0.397 e. The van der Waals surface area contributed by atoms with Gasteiger partial charge in [-0.15, -0.1) is 0 Å². The first-order chi connectivity index (χ1) is 8.15. The number of pyridine rings is 1. The van der Waals surface area contributed by atoms with Crippen molar-refractivity contribution in [3.63, 3.8) is 0 Å². The maximum absolute atomic E-state index is 11.6. The van der Waals surface area contributed by atoms with Crippen LogP contribution in [0.2, 0.25) is 0 Å². The average molecular weight is 233 g/mol. The Morgan fingerprint density at radius 3 is 2.94 bits per heavy atom. The standard InChI is InChI=1S/C10H11N5O2/c1-6-14-9(15-17-6)5-13-10(16)8-3-2-7(11)4-12-8/h2-4H,5,11H2,1H3,(H,13,16). The number of aryl methyl sites for hydroxylation is 1. The van der Waals surface area contributed by atoms with Gasteiger partial charge in [0.2, 0.25) is 5.89 Å². The summed E-state index contributed by atoms with van der Waals surface area (Å²) in [5, 5.41) is 6.28. The lowest BCUT2D eigenvalue weighted by atomic mass is 10.3. The summed E-state index contributed by atoms with van der Waals surface area (Å²) < 4.78 is 4.77. The monoisotopic (exact) mass is 233 g/mol. The van der Waals surface area contributed by atoms with Crippen LogP contribution >= 0.6 is 0 Å². The molecule has 0 fully saturated rings. The number of hydrogen-bond donors (Lipinski definition) is 2. The maximum atomic E-state index is 11.6. The highest BCUT2D eigenvalue weighted by molar-refractivity contribution is 5.92. The molecule has 17 heavy (non-hydrogen) atoms. The van der Waals surface area contributed by atoms with Crippen LogP contribution in [-0.4, -0.2) is 21.0 Å². The number of carbonyl (C=O) groups excluding carboxylic acids is 1. The van der Waals surface area contributed by atoms with Gasteiger partial charge < -0.3 is 15.6 Å². The summed E-state index contributed by atoms with van der Waals surface area (Å²) in [5.41, 5.74) is 6.27. The van der Waals surface area contributed by atoms with Gasteiger partial charge in [-0.05, 0) is 12.1 Å². The van der Waals surface area contributed by atoms with E-state index in [9.17, 15) is 4.79 Å². The van der Waals surface area contributed by atoms with Crippen molar-refractivity contribution in [1.82, 2.24) is 20.4 Å². The summed E-state index contributed by atoms with van der Waals surface area (Å²) >= 11 is 0. The van der Waals surface area contributed by atoms with Crippen molar-refractivity contribution in [1.29, 1.82) is 0 Å². The molecule has 0 saturated carbocycles. The van der Waals surface area contributed by atoms with E-state index in [0.717, 1.165) is 0 Å². The van der Waals surface area contributed by atoms with Gasteiger partial charge in [-0.3, -0.25) is 4.79 Å². The quantitative estimate of drug-likeness (QED) is 0.788. The van der Waals surface area contributed by atoms with Crippen molar-refractivity contribution in [3.05, 3.63) is 35.7 Å². The number of hydrogen-bond acceptors (Lipinski definition) is 6. The molecule has 0 atom stereocenters. The highest BCUT2D eigenvalue weighted by Gasteiger charge is 2.08. The molecule has 2 aromatic rings. The molecule has 1 amide bonds. The molecule has 88 valence electrons. The van der Waals surface area contributed by atoms with E-state index < -0.39 is 0 Å². The van der Waals surface area contributed by atoms with Crippen LogP contribution in [0.3, 0.4) is 0 Å². The van der Waals surface area contributed by atoms with Crippen molar-refractivity contribution in [2.45, 2.75) is 13.5 Å². The molecule has 2 aromatic heterocycles. The summed E-state index contributed by atoms with van der Waals surface area (Å²) in [7, 11) is 0. The second-order valence-electron chi connectivity index (χ2n) is 3.39. The second-order valence-corrected chi connectivity index (χ2v) is 3.39. The summed E-state index contributed by atoms with van der Waals surface area (Å²) in [6, 6.07) is 3.16. The summed E-state index contributed by atoms with van der Waals surface area (Å²) in [6.45, 7) is 1.88. The fourth-order valence-electron chi connectivity index (χ4n) is 1.20. The Kier molecular flexibility index (Phi) is 2.99. The molecular formula is C10H11N5O2. The minimum absolute atomic E-state index is 0.197. The number of rotatable bonds is 3. The molecule has 0 spiro atoms. The third kappa shape index (κ3) is 2.77. The SMILES string of the molecule is Cc1nc(CNC(=O)c2ccc(N)cn2)no1. The molecule has 0 aliphatic heterocycles. The van der Waals surface area contributed by atoms with Gasteiger partial charge in [-0.1, -0.05) is 5.16 Å². The van der Waals surface area contributed by atoms with E-state index in [1.54, 1.807) is 19.1 Å². The predicted octanol–water partition coefficient (Wildman–Crippen LogP) is 0.285. The first-order valence-corrected chi connectivity index (χ1v) is 4.94. The molecule has 7 nitrogen and oxygen atoms in total. The highest BCUT2D eigenvalue weighted by Crippen LogP contribution is 2.01. The number of nitrogen functional groups attached to an aromatic ring is 1. The van der Waals surface area contributed by atoms with Crippen LogP contribution in [-0.2, 0) is 6.54 Å². The van der Waals surface area contributed by atoms with Gasteiger partial charge in [-0.2, -0.15) is 4.98 Å². The van der Waals surface area contributed by atoms with E-state index >= 15 is 0 Å². The normalized spacial score (nSPS) is 10.2. The van der Waals surface area contributed by atoms with E-state index in [2.05, 4.69) is 20.4 Å². The lowest BCUT2D eigenvalue weighted by Gasteiger charge is -2.01. The smallest absolute Gasteiger partial charge is 0.270 e. The minimum Gasteiger partial charge on any atom is -0.397 e.